The zero-order valence-corrected chi connectivity index (χ0v) is 10.6. The van der Waals surface area contributed by atoms with Gasteiger partial charge in [0.1, 0.15) is 24.4 Å². The van der Waals surface area contributed by atoms with Gasteiger partial charge in [-0.3, -0.25) is 0 Å². The number of hydrogen-bond acceptors (Lipinski definition) is 6. The average Bonchev–Trinajstić information content (AvgIpc) is 2.12. The molecule has 6 nitrogen and oxygen atoms in total. The molecule has 0 saturated heterocycles. The molecule has 0 fully saturated rings. The van der Waals surface area contributed by atoms with Gasteiger partial charge >= 0.3 is 0 Å². The number of hydrogen-bond donors (Lipinski definition) is 5. The van der Waals surface area contributed by atoms with Crippen LogP contribution in [0.5, 0.6) is 0 Å². The van der Waals surface area contributed by atoms with Crippen LogP contribution in [0.1, 0.15) is 0 Å². The summed E-state index contributed by atoms with van der Waals surface area (Å²) in [7, 11) is 0. The Bertz CT molecular complexity index is 143. The van der Waals surface area contributed by atoms with Crippen molar-refractivity contribution in [3.8, 4) is 0 Å². The summed E-state index contributed by atoms with van der Waals surface area (Å²) in [5, 5.41) is 43.5. The van der Waals surface area contributed by atoms with E-state index in [1.54, 1.807) is 0 Å². The quantitative estimate of drug-likeness (QED) is 0.244. The number of aliphatic hydroxyl groups is 5. The molecule has 0 amide bonds. The van der Waals surface area contributed by atoms with Crippen LogP contribution in [0.25, 0.3) is 0 Å². The van der Waals surface area contributed by atoms with Crippen molar-refractivity contribution in [3.63, 3.8) is 0 Å². The molecular weight excluding hydrogens is 375 g/mol. The third-order valence-electron chi connectivity index (χ3n) is 1.42. The molecule has 0 aliphatic rings. The summed E-state index contributed by atoms with van der Waals surface area (Å²) < 4.78 is 0. The van der Waals surface area contributed by atoms with Gasteiger partial charge in [0.25, 0.3) is 0 Å². The molecule has 76 valence electrons. The van der Waals surface area contributed by atoms with Crippen molar-refractivity contribution in [1.29, 1.82) is 0 Å². The number of rotatable bonds is 5. The van der Waals surface area contributed by atoms with Gasteiger partial charge in [-0.25, -0.2) is 0 Å². The van der Waals surface area contributed by atoms with E-state index in [9.17, 15) is 4.79 Å². The molecule has 7 heteroatoms. The molecule has 0 aromatic carbocycles. The van der Waals surface area contributed by atoms with E-state index in [4.69, 9.17) is 25.5 Å². The molecule has 0 unspecified atom stereocenters. The topological polar surface area (TPSA) is 118 Å². The van der Waals surface area contributed by atoms with E-state index in [0.717, 1.165) is 0 Å². The Morgan fingerprint density at radius 3 is 1.85 bits per heavy atom. The van der Waals surface area contributed by atoms with Crippen molar-refractivity contribution in [2.75, 3.05) is 6.61 Å². The first-order valence-electron chi connectivity index (χ1n) is 3.33. The van der Waals surface area contributed by atoms with Gasteiger partial charge in [0.15, 0.2) is 6.29 Å². The number of aliphatic hydroxyl groups excluding tert-OH is 5. The van der Waals surface area contributed by atoms with Gasteiger partial charge in [0, 0.05) is 27.3 Å². The van der Waals surface area contributed by atoms with Gasteiger partial charge in [-0.15, -0.1) is 0 Å². The summed E-state index contributed by atoms with van der Waals surface area (Å²) in [6, 6.07) is 0. The molecule has 13 heavy (non-hydrogen) atoms. The van der Waals surface area contributed by atoms with Gasteiger partial charge in [0.2, 0.25) is 0 Å². The molecule has 0 aliphatic heterocycles. The Hall–Kier alpha value is 0.392. The minimum absolute atomic E-state index is 0. The summed E-state index contributed by atoms with van der Waals surface area (Å²) in [5.74, 6) is 0. The second-order valence-electron chi connectivity index (χ2n) is 2.36. The van der Waals surface area contributed by atoms with Crippen LogP contribution in [0.2, 0.25) is 0 Å². The molecule has 0 aromatic rings. The van der Waals surface area contributed by atoms with E-state index in [-0.39, 0.29) is 33.6 Å². The summed E-state index contributed by atoms with van der Waals surface area (Å²) >= 11 is 0. The average molecular weight is 387 g/mol. The van der Waals surface area contributed by atoms with Crippen LogP contribution in [0.15, 0.2) is 0 Å². The molecule has 0 aromatic heterocycles. The standard InChI is InChI=1S/C6H12O6.Pb/c7-1-3(9)5(11)6(12)4(10)2-8;/h1,3-6,8-12H,2H2;/t3-,4+,5+,6+;/m0./s1. The van der Waals surface area contributed by atoms with E-state index in [2.05, 4.69) is 0 Å². The molecule has 0 rings (SSSR count). The third kappa shape index (κ3) is 4.98. The van der Waals surface area contributed by atoms with Crippen LogP contribution in [-0.2, 0) is 4.79 Å². The van der Waals surface area contributed by atoms with Crippen LogP contribution in [0.4, 0.5) is 0 Å². The Labute approximate surface area is 95.0 Å². The Balaban J connectivity index is 0. The minimum atomic E-state index is -1.79. The molecule has 4 radical (unpaired) electrons. The van der Waals surface area contributed by atoms with Gasteiger partial charge in [-0.2, -0.15) is 0 Å². The Morgan fingerprint density at radius 2 is 1.54 bits per heavy atom. The smallest absolute Gasteiger partial charge is 0.151 e. The normalized spacial score (nSPS) is 19.5. The van der Waals surface area contributed by atoms with Crippen molar-refractivity contribution >= 4 is 33.6 Å². The fraction of sp³-hybridized carbons (Fsp3) is 0.833. The maximum Gasteiger partial charge on any atom is 0.151 e. The second-order valence-corrected chi connectivity index (χ2v) is 2.36. The van der Waals surface area contributed by atoms with E-state index in [0.29, 0.717) is 0 Å². The fourth-order valence-electron chi connectivity index (χ4n) is 0.618. The zero-order chi connectivity index (χ0) is 9.72. The predicted molar refractivity (Wildman–Crippen MR) is 42.9 cm³/mol. The molecule has 0 aliphatic carbocycles. The summed E-state index contributed by atoms with van der Waals surface area (Å²) in [6.45, 7) is -0.760. The maximum atomic E-state index is 9.90. The van der Waals surface area contributed by atoms with Crippen LogP contribution in [0, 0.1) is 0 Å². The van der Waals surface area contributed by atoms with Crippen LogP contribution >= 0.6 is 0 Å². The summed E-state index contributed by atoms with van der Waals surface area (Å²) in [6.07, 6.45) is -6.84. The molecule has 5 N–H and O–H groups in total. The van der Waals surface area contributed by atoms with E-state index >= 15 is 0 Å². The van der Waals surface area contributed by atoms with Crippen LogP contribution in [0.3, 0.4) is 0 Å². The summed E-state index contributed by atoms with van der Waals surface area (Å²) in [4.78, 5) is 9.90. The monoisotopic (exact) mass is 388 g/mol. The van der Waals surface area contributed by atoms with Crippen molar-refractivity contribution in [2.24, 2.45) is 0 Å². The maximum absolute atomic E-state index is 9.90. The summed E-state index contributed by atoms with van der Waals surface area (Å²) in [5.41, 5.74) is 0. The molecule has 4 atom stereocenters. The van der Waals surface area contributed by atoms with Gasteiger partial charge in [0.05, 0.1) is 6.61 Å². The first-order valence-corrected chi connectivity index (χ1v) is 3.33. The molecule has 0 bridgehead atoms. The molecule has 0 heterocycles. The number of carbonyl (C=O) groups excluding carboxylic acids is 1. The van der Waals surface area contributed by atoms with Crippen molar-refractivity contribution in [1.82, 2.24) is 0 Å². The Morgan fingerprint density at radius 1 is 1.08 bits per heavy atom. The van der Waals surface area contributed by atoms with E-state index in [1.807, 2.05) is 0 Å². The third-order valence-corrected chi connectivity index (χ3v) is 1.42. The van der Waals surface area contributed by atoms with Gasteiger partial charge in [-0.05, 0) is 0 Å². The Kier molecular flexibility index (Phi) is 9.46. The van der Waals surface area contributed by atoms with Crippen LogP contribution in [-0.4, -0.2) is 90.1 Å². The van der Waals surface area contributed by atoms with E-state index < -0.39 is 31.0 Å². The molecule has 0 spiro atoms. The first-order chi connectivity index (χ1) is 5.54. The predicted octanol–water partition coefficient (Wildman–Crippen LogP) is -3.76. The first kappa shape index (κ1) is 15.8. The van der Waals surface area contributed by atoms with E-state index in [1.165, 1.54) is 0 Å². The minimum Gasteiger partial charge on any atom is -0.394 e. The molecular formula is C6H12O6Pb. The second kappa shape index (κ2) is 7.76. The van der Waals surface area contributed by atoms with Gasteiger partial charge in [-0.1, -0.05) is 0 Å². The SMILES string of the molecule is O=C[C@H](O)[C@@H](O)[C@H](O)[C@H](O)CO.[Pb]. The fourth-order valence-corrected chi connectivity index (χ4v) is 0.618. The van der Waals surface area contributed by atoms with Crippen LogP contribution < -0.4 is 0 Å². The van der Waals surface area contributed by atoms with Crippen molar-refractivity contribution in [3.05, 3.63) is 0 Å². The number of carbonyl (C=O) groups is 1. The largest absolute Gasteiger partial charge is 0.394 e. The van der Waals surface area contributed by atoms with Gasteiger partial charge < -0.3 is 30.3 Å². The zero-order valence-electron chi connectivity index (χ0n) is 6.74. The molecule has 0 saturated carbocycles. The number of aldehydes is 1. The van der Waals surface area contributed by atoms with Crippen molar-refractivity contribution < 1.29 is 30.3 Å². The van der Waals surface area contributed by atoms with Crippen molar-refractivity contribution in [2.45, 2.75) is 24.4 Å².